The van der Waals surface area contributed by atoms with Crippen molar-refractivity contribution >= 4 is 27.5 Å². The molecule has 8 heteroatoms. The van der Waals surface area contributed by atoms with Crippen LogP contribution in [0, 0.1) is 0 Å². The molecule has 3 aromatic rings. The molecule has 0 atom stereocenters. The average Bonchev–Trinajstić information content (AvgIpc) is 3.36. The van der Waals surface area contributed by atoms with Crippen molar-refractivity contribution in [3.05, 3.63) is 88.4 Å². The van der Waals surface area contributed by atoms with E-state index in [9.17, 15) is 13.2 Å². The molecule has 3 aromatic carbocycles. The molecule has 4 rings (SSSR count). The third kappa shape index (κ3) is 5.67. The first-order chi connectivity index (χ1) is 16.4. The van der Waals surface area contributed by atoms with Crippen molar-refractivity contribution < 1.29 is 13.2 Å². The summed E-state index contributed by atoms with van der Waals surface area (Å²) >= 11 is 6.19. The minimum Gasteiger partial charge on any atom is -0.348 e. The van der Waals surface area contributed by atoms with Crippen LogP contribution < -0.4 is 10.0 Å². The van der Waals surface area contributed by atoms with E-state index in [1.807, 2.05) is 24.3 Å². The van der Waals surface area contributed by atoms with Crippen LogP contribution in [0.1, 0.15) is 34.3 Å². The maximum Gasteiger partial charge on any atom is 0.253 e. The van der Waals surface area contributed by atoms with Gasteiger partial charge in [-0.3, -0.25) is 9.69 Å². The van der Waals surface area contributed by atoms with Crippen LogP contribution in [0.2, 0.25) is 5.02 Å². The van der Waals surface area contributed by atoms with Gasteiger partial charge >= 0.3 is 0 Å². The van der Waals surface area contributed by atoms with E-state index < -0.39 is 15.9 Å². The number of halogens is 1. The maximum atomic E-state index is 12.8. The molecule has 178 valence electrons. The molecular formula is C26H28ClN3O3S. The minimum atomic E-state index is -3.68. The van der Waals surface area contributed by atoms with Crippen LogP contribution in [0.3, 0.4) is 0 Å². The number of hydrogen-bond donors (Lipinski definition) is 2. The van der Waals surface area contributed by atoms with Gasteiger partial charge in [-0.2, -0.15) is 0 Å². The summed E-state index contributed by atoms with van der Waals surface area (Å²) in [5.41, 5.74) is 4.48. The van der Waals surface area contributed by atoms with Crippen molar-refractivity contribution in [2.75, 3.05) is 20.1 Å². The zero-order chi connectivity index (χ0) is 24.1. The van der Waals surface area contributed by atoms with Gasteiger partial charge in [0.1, 0.15) is 0 Å². The van der Waals surface area contributed by atoms with E-state index in [0.717, 1.165) is 36.3 Å². The Labute approximate surface area is 206 Å². The zero-order valence-corrected chi connectivity index (χ0v) is 20.6. The van der Waals surface area contributed by atoms with Crippen LogP contribution in [0.25, 0.3) is 11.1 Å². The van der Waals surface area contributed by atoms with E-state index in [1.54, 1.807) is 0 Å². The van der Waals surface area contributed by atoms with Crippen LogP contribution in [-0.4, -0.2) is 39.4 Å². The molecule has 0 unspecified atom stereocenters. The van der Waals surface area contributed by atoms with Gasteiger partial charge in [0.15, 0.2) is 0 Å². The smallest absolute Gasteiger partial charge is 0.253 e. The Morgan fingerprint density at radius 3 is 2.41 bits per heavy atom. The number of nitrogens with zero attached hydrogens (tertiary/aromatic N) is 1. The first-order valence-electron chi connectivity index (χ1n) is 11.3. The molecule has 0 bridgehead atoms. The zero-order valence-electron chi connectivity index (χ0n) is 19.1. The van der Waals surface area contributed by atoms with Crippen LogP contribution in [-0.2, 0) is 23.1 Å². The van der Waals surface area contributed by atoms with Gasteiger partial charge in [-0.15, -0.1) is 0 Å². The lowest BCUT2D eigenvalue weighted by molar-refractivity contribution is 0.0951. The van der Waals surface area contributed by atoms with Crippen molar-refractivity contribution in [3.8, 4) is 11.1 Å². The Kier molecular flexibility index (Phi) is 7.68. The molecule has 0 spiro atoms. The molecular weight excluding hydrogens is 470 g/mol. The Morgan fingerprint density at radius 2 is 1.71 bits per heavy atom. The first kappa shape index (κ1) is 24.4. The SMILES string of the molecule is CNS(=O)(=O)c1ccc(Cl)c(C(=O)NCc2ccccc2-c2ccc(CN3CCCC3)cc2)c1. The van der Waals surface area contributed by atoms with E-state index >= 15 is 0 Å². The Balaban J connectivity index is 1.49. The van der Waals surface area contributed by atoms with Gasteiger partial charge in [0.25, 0.3) is 5.91 Å². The van der Waals surface area contributed by atoms with Crippen molar-refractivity contribution in [2.45, 2.75) is 30.8 Å². The number of rotatable bonds is 8. The summed E-state index contributed by atoms with van der Waals surface area (Å²) in [4.78, 5) is 15.3. The molecule has 2 N–H and O–H groups in total. The number of likely N-dealkylation sites (tertiary alicyclic amines) is 1. The van der Waals surface area contributed by atoms with Gasteiger partial charge in [0.2, 0.25) is 10.0 Å². The van der Waals surface area contributed by atoms with E-state index in [4.69, 9.17) is 11.6 Å². The van der Waals surface area contributed by atoms with Crippen molar-refractivity contribution in [1.82, 2.24) is 14.9 Å². The molecule has 0 saturated carbocycles. The Hall–Kier alpha value is -2.71. The minimum absolute atomic E-state index is 0.0148. The highest BCUT2D eigenvalue weighted by molar-refractivity contribution is 7.89. The van der Waals surface area contributed by atoms with Gasteiger partial charge in [0, 0.05) is 13.1 Å². The summed E-state index contributed by atoms with van der Waals surface area (Å²) in [5.74, 6) is -0.436. The standard InChI is InChI=1S/C26H28ClN3O3S/c1-28-34(32,33)22-12-13-25(27)24(16-22)26(31)29-17-21-6-2-3-7-23(21)20-10-8-19(9-11-20)18-30-14-4-5-15-30/h2-3,6-13,16,28H,4-5,14-15,17-18H2,1H3,(H,29,31). The molecule has 1 aliphatic heterocycles. The number of sulfonamides is 1. The number of hydrogen-bond acceptors (Lipinski definition) is 4. The second-order valence-electron chi connectivity index (χ2n) is 8.37. The molecule has 0 aromatic heterocycles. The first-order valence-corrected chi connectivity index (χ1v) is 13.1. The lowest BCUT2D eigenvalue weighted by Crippen LogP contribution is -2.24. The molecule has 1 fully saturated rings. The van der Waals surface area contributed by atoms with Gasteiger partial charge < -0.3 is 5.32 Å². The van der Waals surface area contributed by atoms with Crippen LogP contribution in [0.4, 0.5) is 0 Å². The third-order valence-electron chi connectivity index (χ3n) is 6.09. The summed E-state index contributed by atoms with van der Waals surface area (Å²) in [7, 11) is -2.36. The van der Waals surface area contributed by atoms with Crippen molar-refractivity contribution in [2.24, 2.45) is 0 Å². The van der Waals surface area contributed by atoms with Gasteiger partial charge in [0.05, 0.1) is 15.5 Å². The van der Waals surface area contributed by atoms with Crippen LogP contribution in [0.5, 0.6) is 0 Å². The van der Waals surface area contributed by atoms with E-state index in [2.05, 4.69) is 39.2 Å². The number of carbonyl (C=O) groups is 1. The van der Waals surface area contributed by atoms with Gasteiger partial charge in [-0.05, 0) is 73.4 Å². The second-order valence-corrected chi connectivity index (χ2v) is 10.7. The highest BCUT2D eigenvalue weighted by atomic mass is 35.5. The molecule has 1 saturated heterocycles. The molecule has 1 heterocycles. The molecule has 0 aliphatic carbocycles. The largest absolute Gasteiger partial charge is 0.348 e. The summed E-state index contributed by atoms with van der Waals surface area (Å²) in [6, 6.07) is 20.5. The highest BCUT2D eigenvalue weighted by Gasteiger charge is 2.18. The topological polar surface area (TPSA) is 78.5 Å². The van der Waals surface area contributed by atoms with Crippen LogP contribution >= 0.6 is 11.6 Å². The average molecular weight is 498 g/mol. The quantitative estimate of drug-likeness (QED) is 0.482. The number of carbonyl (C=O) groups excluding carboxylic acids is 1. The normalized spacial score (nSPS) is 14.3. The summed E-state index contributed by atoms with van der Waals surface area (Å²) in [6.45, 7) is 3.58. The van der Waals surface area contributed by atoms with E-state index in [1.165, 1.54) is 43.7 Å². The number of nitrogens with one attached hydrogen (secondary N) is 2. The maximum absolute atomic E-state index is 12.8. The molecule has 34 heavy (non-hydrogen) atoms. The Bertz CT molecular complexity index is 1270. The lowest BCUT2D eigenvalue weighted by atomic mass is 9.98. The summed E-state index contributed by atoms with van der Waals surface area (Å²) in [6.07, 6.45) is 2.55. The van der Waals surface area contributed by atoms with Crippen LogP contribution in [0.15, 0.2) is 71.6 Å². The summed E-state index contributed by atoms with van der Waals surface area (Å²) in [5, 5.41) is 3.07. The van der Waals surface area contributed by atoms with Gasteiger partial charge in [-0.25, -0.2) is 13.1 Å². The lowest BCUT2D eigenvalue weighted by Gasteiger charge is -2.15. The monoisotopic (exact) mass is 497 g/mol. The number of amides is 1. The molecule has 6 nitrogen and oxygen atoms in total. The summed E-state index contributed by atoms with van der Waals surface area (Å²) < 4.78 is 26.4. The third-order valence-corrected chi connectivity index (χ3v) is 7.83. The fourth-order valence-electron chi connectivity index (χ4n) is 4.18. The van der Waals surface area contributed by atoms with Crippen molar-refractivity contribution in [1.29, 1.82) is 0 Å². The highest BCUT2D eigenvalue weighted by Crippen LogP contribution is 2.26. The van der Waals surface area contributed by atoms with E-state index in [0.29, 0.717) is 0 Å². The molecule has 1 aliphatic rings. The van der Waals surface area contributed by atoms with Gasteiger partial charge in [-0.1, -0.05) is 60.1 Å². The molecule has 0 radical (unpaired) electrons. The molecule has 1 amide bonds. The van der Waals surface area contributed by atoms with E-state index in [-0.39, 0.29) is 22.0 Å². The van der Waals surface area contributed by atoms with Crippen molar-refractivity contribution in [3.63, 3.8) is 0 Å². The number of benzene rings is 3. The fourth-order valence-corrected chi connectivity index (χ4v) is 5.14. The fraction of sp³-hybridized carbons (Fsp3) is 0.269. The second kappa shape index (κ2) is 10.7. The Morgan fingerprint density at radius 1 is 1.00 bits per heavy atom. The predicted molar refractivity (Wildman–Crippen MR) is 135 cm³/mol. The predicted octanol–water partition coefficient (Wildman–Crippen LogP) is 4.44.